The monoisotopic (exact) mass is 217 g/mol. The number of hydrogen-bond donors (Lipinski definition) is 0. The van der Waals surface area contributed by atoms with Gasteiger partial charge in [-0.2, -0.15) is 5.10 Å². The van der Waals surface area contributed by atoms with Crippen LogP contribution in [0.4, 0.5) is 5.69 Å². The molecule has 6 nitrogen and oxygen atoms in total. The second-order valence-corrected chi connectivity index (χ2v) is 3.06. The zero-order valence-corrected chi connectivity index (χ0v) is 8.11. The minimum atomic E-state index is -0.479. The Morgan fingerprint density at radius 2 is 1.94 bits per heavy atom. The summed E-state index contributed by atoms with van der Waals surface area (Å²) in [6.45, 7) is 0. The maximum absolute atomic E-state index is 10.7. The number of nitro benzene ring substituents is 1. The summed E-state index contributed by atoms with van der Waals surface area (Å²) in [5.74, 6) is 0. The number of benzene rings is 1. The van der Waals surface area contributed by atoms with Gasteiger partial charge in [-0.1, -0.05) is 0 Å². The summed E-state index contributed by atoms with van der Waals surface area (Å²) < 4.78 is 1.41. The molecule has 0 fully saturated rings. The van der Waals surface area contributed by atoms with Crippen LogP contribution in [0, 0.1) is 10.1 Å². The Bertz CT molecular complexity index is 530. The number of carbonyl (C=O) groups is 1. The van der Waals surface area contributed by atoms with Crippen molar-refractivity contribution in [3.8, 4) is 5.69 Å². The van der Waals surface area contributed by atoms with E-state index in [2.05, 4.69) is 5.10 Å². The smallest absolute Gasteiger partial charge is 0.269 e. The van der Waals surface area contributed by atoms with E-state index in [1.165, 1.54) is 35.1 Å². The van der Waals surface area contributed by atoms with E-state index in [4.69, 9.17) is 0 Å². The number of aromatic nitrogens is 2. The van der Waals surface area contributed by atoms with Crippen molar-refractivity contribution in [1.82, 2.24) is 9.78 Å². The first-order valence-corrected chi connectivity index (χ1v) is 4.46. The molecule has 0 saturated carbocycles. The van der Waals surface area contributed by atoms with E-state index in [9.17, 15) is 14.9 Å². The fourth-order valence-corrected chi connectivity index (χ4v) is 1.33. The first-order chi connectivity index (χ1) is 7.72. The lowest BCUT2D eigenvalue weighted by Gasteiger charge is -2.02. The summed E-state index contributed by atoms with van der Waals surface area (Å²) in [4.78, 5) is 20.6. The molecule has 0 atom stereocenters. The van der Waals surface area contributed by atoms with Crippen LogP contribution in [-0.2, 0) is 0 Å². The van der Waals surface area contributed by atoms with Crippen molar-refractivity contribution in [2.24, 2.45) is 0 Å². The Balaban J connectivity index is 2.42. The van der Waals surface area contributed by atoms with Crippen molar-refractivity contribution in [2.45, 2.75) is 0 Å². The van der Waals surface area contributed by atoms with E-state index < -0.39 is 4.92 Å². The molecule has 1 heterocycles. The summed E-state index contributed by atoms with van der Waals surface area (Å²) in [5.41, 5.74) is 1.01. The van der Waals surface area contributed by atoms with Gasteiger partial charge >= 0.3 is 0 Å². The molecule has 0 spiro atoms. The van der Waals surface area contributed by atoms with E-state index in [1.54, 1.807) is 6.07 Å². The van der Waals surface area contributed by atoms with E-state index in [0.717, 1.165) is 0 Å². The molecule has 0 aliphatic rings. The molecule has 0 radical (unpaired) electrons. The van der Waals surface area contributed by atoms with Gasteiger partial charge in [-0.25, -0.2) is 4.68 Å². The van der Waals surface area contributed by atoms with Crippen LogP contribution in [0.25, 0.3) is 5.69 Å². The third-order valence-electron chi connectivity index (χ3n) is 2.10. The van der Waals surface area contributed by atoms with Gasteiger partial charge in [-0.3, -0.25) is 14.9 Å². The van der Waals surface area contributed by atoms with Crippen molar-refractivity contribution < 1.29 is 9.72 Å². The molecule has 0 N–H and O–H groups in total. The predicted octanol–water partition coefficient (Wildman–Crippen LogP) is 1.59. The van der Waals surface area contributed by atoms with Gasteiger partial charge in [0.2, 0.25) is 0 Å². The van der Waals surface area contributed by atoms with Gasteiger partial charge in [0.25, 0.3) is 5.69 Å². The zero-order chi connectivity index (χ0) is 11.5. The molecule has 16 heavy (non-hydrogen) atoms. The van der Waals surface area contributed by atoms with Gasteiger partial charge < -0.3 is 0 Å². The molecule has 1 aromatic heterocycles. The Morgan fingerprint density at radius 1 is 1.25 bits per heavy atom. The first-order valence-electron chi connectivity index (χ1n) is 4.46. The van der Waals surface area contributed by atoms with Crippen molar-refractivity contribution >= 4 is 12.0 Å². The molecule has 1 aromatic carbocycles. The molecule has 0 unspecified atom stereocenters. The zero-order valence-electron chi connectivity index (χ0n) is 8.11. The third-order valence-corrected chi connectivity index (χ3v) is 2.10. The summed E-state index contributed by atoms with van der Waals surface area (Å²) in [6.07, 6.45) is 2.17. The minimum Gasteiger partial charge on any atom is -0.296 e. The molecular formula is C10H7N3O3. The topological polar surface area (TPSA) is 78.0 Å². The van der Waals surface area contributed by atoms with Crippen molar-refractivity contribution in [1.29, 1.82) is 0 Å². The van der Waals surface area contributed by atoms with Crippen LogP contribution in [0.1, 0.15) is 10.5 Å². The number of hydrogen-bond acceptors (Lipinski definition) is 4. The highest BCUT2D eigenvalue weighted by Gasteiger charge is 2.07. The largest absolute Gasteiger partial charge is 0.296 e. The van der Waals surface area contributed by atoms with Crippen LogP contribution in [-0.4, -0.2) is 21.0 Å². The standard InChI is InChI=1S/C10H7N3O3/c14-7-10-5-6-11-12(10)8-1-3-9(4-2-8)13(15)16/h1-7H. The van der Waals surface area contributed by atoms with Gasteiger partial charge in [-0.15, -0.1) is 0 Å². The van der Waals surface area contributed by atoms with Crippen molar-refractivity contribution in [2.75, 3.05) is 0 Å². The maximum atomic E-state index is 10.7. The quantitative estimate of drug-likeness (QED) is 0.444. The van der Waals surface area contributed by atoms with E-state index in [0.29, 0.717) is 17.7 Å². The second kappa shape index (κ2) is 3.93. The number of aldehydes is 1. The molecule has 0 bridgehead atoms. The van der Waals surface area contributed by atoms with Gasteiger partial charge in [-0.05, 0) is 18.2 Å². The Kier molecular flexibility index (Phi) is 2.47. The third kappa shape index (κ3) is 1.68. The average Bonchev–Trinajstić information content (AvgIpc) is 2.77. The fraction of sp³-hybridized carbons (Fsp3) is 0. The van der Waals surface area contributed by atoms with Crippen LogP contribution in [0.2, 0.25) is 0 Å². The highest BCUT2D eigenvalue weighted by molar-refractivity contribution is 5.73. The van der Waals surface area contributed by atoms with E-state index >= 15 is 0 Å². The van der Waals surface area contributed by atoms with Crippen molar-refractivity contribution in [3.05, 3.63) is 52.3 Å². The molecule has 80 valence electrons. The molecule has 6 heteroatoms. The molecule has 0 saturated heterocycles. The van der Waals surface area contributed by atoms with Gasteiger partial charge in [0.05, 0.1) is 16.8 Å². The highest BCUT2D eigenvalue weighted by atomic mass is 16.6. The summed E-state index contributed by atoms with van der Waals surface area (Å²) in [7, 11) is 0. The normalized spacial score (nSPS) is 10.0. The Hall–Kier alpha value is -2.50. The number of carbonyl (C=O) groups excluding carboxylic acids is 1. The Morgan fingerprint density at radius 3 is 2.50 bits per heavy atom. The summed E-state index contributed by atoms with van der Waals surface area (Å²) in [6, 6.07) is 7.38. The van der Waals surface area contributed by atoms with Crippen LogP contribution in [0.15, 0.2) is 36.5 Å². The molecule has 0 aliphatic carbocycles. The lowest BCUT2D eigenvalue weighted by Crippen LogP contribution is -2.00. The molecular weight excluding hydrogens is 210 g/mol. The number of nitro groups is 1. The predicted molar refractivity (Wildman–Crippen MR) is 55.6 cm³/mol. The molecule has 0 aliphatic heterocycles. The van der Waals surface area contributed by atoms with E-state index in [1.807, 2.05) is 0 Å². The van der Waals surface area contributed by atoms with Crippen molar-refractivity contribution in [3.63, 3.8) is 0 Å². The molecule has 2 rings (SSSR count). The highest BCUT2D eigenvalue weighted by Crippen LogP contribution is 2.15. The van der Waals surface area contributed by atoms with Crippen LogP contribution < -0.4 is 0 Å². The lowest BCUT2D eigenvalue weighted by atomic mass is 10.3. The fourth-order valence-electron chi connectivity index (χ4n) is 1.33. The Labute approximate surface area is 90.3 Å². The molecule has 2 aromatic rings. The lowest BCUT2D eigenvalue weighted by molar-refractivity contribution is -0.384. The summed E-state index contributed by atoms with van der Waals surface area (Å²) in [5, 5.41) is 14.4. The maximum Gasteiger partial charge on any atom is 0.269 e. The van der Waals surface area contributed by atoms with Gasteiger partial charge in [0.15, 0.2) is 6.29 Å². The summed E-state index contributed by atoms with van der Waals surface area (Å²) >= 11 is 0. The van der Waals surface area contributed by atoms with Crippen LogP contribution in [0.5, 0.6) is 0 Å². The molecule has 0 amide bonds. The number of non-ortho nitro benzene ring substituents is 1. The van der Waals surface area contributed by atoms with Crippen LogP contribution >= 0.6 is 0 Å². The SMILES string of the molecule is O=Cc1ccnn1-c1ccc([N+](=O)[O-])cc1. The van der Waals surface area contributed by atoms with E-state index in [-0.39, 0.29) is 5.69 Å². The first kappa shape index (κ1) is 10.0. The number of rotatable bonds is 3. The van der Waals surface area contributed by atoms with Gasteiger partial charge in [0, 0.05) is 12.1 Å². The average molecular weight is 217 g/mol. The van der Waals surface area contributed by atoms with Crippen LogP contribution in [0.3, 0.4) is 0 Å². The minimum absolute atomic E-state index is 0.00330. The van der Waals surface area contributed by atoms with Gasteiger partial charge in [0.1, 0.15) is 5.69 Å². The second-order valence-electron chi connectivity index (χ2n) is 3.06. The number of nitrogens with zero attached hydrogens (tertiary/aromatic N) is 3.